The third-order valence-electron chi connectivity index (χ3n) is 3.68. The number of aryl methyl sites for hydroxylation is 1. The molecule has 0 bridgehead atoms. The molecule has 178 valence electrons. The van der Waals surface area contributed by atoms with Gasteiger partial charge in [0.15, 0.2) is 5.78 Å². The molecule has 0 aromatic heterocycles. The van der Waals surface area contributed by atoms with Crippen LogP contribution in [0, 0.1) is 6.92 Å². The van der Waals surface area contributed by atoms with Crippen LogP contribution in [0.15, 0.2) is 97.1 Å². The van der Waals surface area contributed by atoms with Crippen LogP contribution in [0.3, 0.4) is 0 Å². The lowest BCUT2D eigenvalue weighted by Gasteiger charge is -1.96. The van der Waals surface area contributed by atoms with E-state index in [1.165, 1.54) is 19.4 Å². The Balaban J connectivity index is 0. The van der Waals surface area contributed by atoms with Crippen molar-refractivity contribution in [3.63, 3.8) is 0 Å². The smallest absolute Gasteiger partial charge is 0.162 e. The van der Waals surface area contributed by atoms with E-state index in [1.54, 1.807) is 6.92 Å². The average molecular weight is 449 g/mol. The van der Waals surface area contributed by atoms with E-state index >= 15 is 0 Å². The second kappa shape index (κ2) is 23.3. The molecule has 0 fully saturated rings. The summed E-state index contributed by atoms with van der Waals surface area (Å²) in [5.41, 5.74) is 2.15. The zero-order valence-electron chi connectivity index (χ0n) is 21.1. The first-order valence-electron chi connectivity index (χ1n) is 11.3. The number of carbonyl (C=O) groups is 3. The lowest BCUT2D eigenvalue weighted by molar-refractivity contribution is -0.117. The molecule has 0 atom stereocenters. The molecule has 0 N–H and O–H groups in total. The maximum absolute atomic E-state index is 11.2. The molecule has 0 radical (unpaired) electrons. The Hall–Kier alpha value is -3.33. The van der Waals surface area contributed by atoms with Crippen molar-refractivity contribution in [2.45, 2.75) is 60.8 Å². The van der Waals surface area contributed by atoms with Crippen LogP contribution in [0.25, 0.3) is 0 Å². The number of carbonyl (C=O) groups excluding carboxylic acids is 3. The summed E-state index contributed by atoms with van der Waals surface area (Å²) in [6.07, 6.45) is 2.25. The Bertz CT molecular complexity index is 811. The molecule has 0 aliphatic rings. The van der Waals surface area contributed by atoms with E-state index in [4.69, 9.17) is 0 Å². The minimum Gasteiger partial charge on any atom is -0.300 e. The van der Waals surface area contributed by atoms with Crippen molar-refractivity contribution in [2.24, 2.45) is 0 Å². The van der Waals surface area contributed by atoms with Crippen LogP contribution < -0.4 is 0 Å². The summed E-state index contributed by atoms with van der Waals surface area (Å²) in [7, 11) is 0. The quantitative estimate of drug-likeness (QED) is 0.381. The van der Waals surface area contributed by atoms with Gasteiger partial charge < -0.3 is 9.59 Å². The van der Waals surface area contributed by atoms with Crippen molar-refractivity contribution in [3.05, 3.63) is 108 Å². The summed E-state index contributed by atoms with van der Waals surface area (Å²) in [5.74, 6) is 0.665. The second-order valence-corrected chi connectivity index (χ2v) is 7.31. The van der Waals surface area contributed by atoms with Crippen molar-refractivity contribution < 1.29 is 14.4 Å². The van der Waals surface area contributed by atoms with Gasteiger partial charge in [-0.2, -0.15) is 0 Å². The van der Waals surface area contributed by atoms with E-state index < -0.39 is 0 Å². The standard InChI is InChI=1S/C10H12O.C7H8.C6H6.C4H8O.C3H6O/c1-2-6-10(11)9-7-4-3-5-8-9;1-7-5-3-2-4-6-7;1-2-4-6-5-3-1;1-3-4(2)5;1-3(2)4/h3-5,7-8H,2,6H2,1H3;2-6H,1H3;1-6H;3H2,1-2H3;1-2H3. The number of ketones is 3. The van der Waals surface area contributed by atoms with Crippen molar-refractivity contribution in [3.8, 4) is 0 Å². The molecule has 0 heterocycles. The lowest BCUT2D eigenvalue weighted by Crippen LogP contribution is -1.96. The second-order valence-electron chi connectivity index (χ2n) is 7.31. The summed E-state index contributed by atoms with van der Waals surface area (Å²) in [6.45, 7) is 10.6. The third kappa shape index (κ3) is 26.6. The SMILES string of the molecule is CC(C)=O.CCC(C)=O.CCCC(=O)c1ccccc1.Cc1ccccc1.c1ccccc1. The van der Waals surface area contributed by atoms with Gasteiger partial charge in [-0.15, -0.1) is 0 Å². The van der Waals surface area contributed by atoms with Crippen molar-refractivity contribution in [1.82, 2.24) is 0 Å². The Labute approximate surface area is 200 Å². The Morgan fingerprint density at radius 1 is 0.606 bits per heavy atom. The maximum atomic E-state index is 11.2. The number of Topliss-reactive ketones (excluding diaryl/α,β-unsaturated/α-hetero) is 3. The summed E-state index contributed by atoms with van der Waals surface area (Å²) in [5, 5.41) is 0. The Kier molecular flexibility index (Phi) is 22.5. The van der Waals surface area contributed by atoms with Gasteiger partial charge >= 0.3 is 0 Å². The van der Waals surface area contributed by atoms with Gasteiger partial charge in [-0.1, -0.05) is 116 Å². The van der Waals surface area contributed by atoms with Crippen LogP contribution in [0.2, 0.25) is 0 Å². The van der Waals surface area contributed by atoms with Crippen LogP contribution >= 0.6 is 0 Å². The molecule has 0 spiro atoms. The Morgan fingerprint density at radius 3 is 1.15 bits per heavy atom. The highest BCUT2D eigenvalue weighted by molar-refractivity contribution is 5.95. The summed E-state index contributed by atoms with van der Waals surface area (Å²) < 4.78 is 0. The van der Waals surface area contributed by atoms with Crippen molar-refractivity contribution in [1.29, 1.82) is 0 Å². The van der Waals surface area contributed by atoms with Gasteiger partial charge in [0.1, 0.15) is 11.6 Å². The van der Waals surface area contributed by atoms with Gasteiger partial charge in [-0.05, 0) is 34.1 Å². The van der Waals surface area contributed by atoms with Crippen LogP contribution in [0.4, 0.5) is 0 Å². The van der Waals surface area contributed by atoms with Crippen molar-refractivity contribution >= 4 is 17.3 Å². The Morgan fingerprint density at radius 2 is 0.909 bits per heavy atom. The van der Waals surface area contributed by atoms with Gasteiger partial charge in [0.25, 0.3) is 0 Å². The molecule has 0 unspecified atom stereocenters. The fraction of sp³-hybridized carbons (Fsp3) is 0.300. The third-order valence-corrected chi connectivity index (χ3v) is 3.68. The summed E-state index contributed by atoms with van der Waals surface area (Å²) in [6, 6.07) is 31.7. The van der Waals surface area contributed by atoms with E-state index in [0.717, 1.165) is 12.0 Å². The highest BCUT2D eigenvalue weighted by Crippen LogP contribution is 2.03. The van der Waals surface area contributed by atoms with Crippen LogP contribution in [0.5, 0.6) is 0 Å². The van der Waals surface area contributed by atoms with Gasteiger partial charge in [0, 0.05) is 18.4 Å². The van der Waals surface area contributed by atoms with Gasteiger partial charge in [-0.3, -0.25) is 4.79 Å². The predicted octanol–water partition coefficient (Wildman–Crippen LogP) is 7.93. The van der Waals surface area contributed by atoms with Crippen LogP contribution in [-0.4, -0.2) is 17.3 Å². The largest absolute Gasteiger partial charge is 0.300 e. The monoisotopic (exact) mass is 448 g/mol. The first-order chi connectivity index (χ1) is 15.7. The molecule has 3 nitrogen and oxygen atoms in total. The first-order valence-corrected chi connectivity index (χ1v) is 11.3. The number of hydrogen-bond acceptors (Lipinski definition) is 3. The molecule has 3 rings (SSSR count). The van der Waals surface area contributed by atoms with Crippen LogP contribution in [-0.2, 0) is 9.59 Å². The van der Waals surface area contributed by atoms with E-state index in [0.29, 0.717) is 12.8 Å². The molecule has 3 aromatic rings. The summed E-state index contributed by atoms with van der Waals surface area (Å²) in [4.78, 5) is 30.5. The van der Waals surface area contributed by atoms with Gasteiger partial charge in [-0.25, -0.2) is 0 Å². The number of hydrogen-bond donors (Lipinski definition) is 0. The van der Waals surface area contributed by atoms with E-state index in [-0.39, 0.29) is 17.3 Å². The first kappa shape index (κ1) is 31.9. The zero-order valence-corrected chi connectivity index (χ0v) is 21.1. The molecule has 0 aliphatic carbocycles. The average Bonchev–Trinajstić information content (AvgIpc) is 2.82. The minimum absolute atomic E-state index is 0.167. The number of benzene rings is 3. The highest BCUT2D eigenvalue weighted by Gasteiger charge is 2.01. The molecular weight excluding hydrogens is 408 g/mol. The lowest BCUT2D eigenvalue weighted by atomic mass is 10.1. The van der Waals surface area contributed by atoms with E-state index in [2.05, 4.69) is 19.1 Å². The van der Waals surface area contributed by atoms with Crippen molar-refractivity contribution in [2.75, 3.05) is 0 Å². The molecule has 3 aromatic carbocycles. The summed E-state index contributed by atoms with van der Waals surface area (Å²) >= 11 is 0. The topological polar surface area (TPSA) is 51.2 Å². The normalized spacial score (nSPS) is 8.42. The fourth-order valence-corrected chi connectivity index (χ4v) is 1.91. The molecule has 3 heteroatoms. The predicted molar refractivity (Wildman–Crippen MR) is 141 cm³/mol. The van der Waals surface area contributed by atoms with Crippen LogP contribution in [0.1, 0.15) is 69.8 Å². The molecule has 0 amide bonds. The fourth-order valence-electron chi connectivity index (χ4n) is 1.91. The van der Waals surface area contributed by atoms with Gasteiger partial charge in [0.05, 0.1) is 0 Å². The molecular formula is C30H40O3. The molecule has 0 saturated carbocycles. The van der Waals surface area contributed by atoms with E-state index in [1.807, 2.05) is 98.8 Å². The maximum Gasteiger partial charge on any atom is 0.162 e. The van der Waals surface area contributed by atoms with E-state index in [9.17, 15) is 14.4 Å². The van der Waals surface area contributed by atoms with Gasteiger partial charge in [0.2, 0.25) is 0 Å². The zero-order chi connectivity index (χ0) is 25.3. The molecule has 33 heavy (non-hydrogen) atoms. The minimum atomic E-state index is 0.167. The number of rotatable bonds is 4. The molecule has 0 aliphatic heterocycles. The molecule has 0 saturated heterocycles. The highest BCUT2D eigenvalue weighted by atomic mass is 16.1.